The van der Waals surface area contributed by atoms with Gasteiger partial charge in [0.05, 0.1) is 24.9 Å². The number of likely N-dealkylation sites (tertiary alicyclic amines) is 1. The fourth-order valence-corrected chi connectivity index (χ4v) is 4.98. The number of β-amino-alcohol motifs (C(OH)–C–C–N with tert-alkyl or cyclic N) is 1. The molecule has 3 fully saturated rings. The summed E-state index contributed by atoms with van der Waals surface area (Å²) in [5.41, 5.74) is -0.572. The van der Waals surface area contributed by atoms with Crippen LogP contribution < -0.4 is 4.74 Å². The van der Waals surface area contributed by atoms with Crippen molar-refractivity contribution in [2.24, 2.45) is 5.92 Å². The van der Waals surface area contributed by atoms with Crippen LogP contribution in [0.15, 0.2) is 24.3 Å². The normalized spacial score (nSPS) is 39.0. The van der Waals surface area contributed by atoms with Gasteiger partial charge < -0.3 is 25.0 Å². The van der Waals surface area contributed by atoms with Crippen molar-refractivity contribution in [3.05, 3.63) is 29.8 Å². The maximum Gasteiger partial charge on any atom is 0.119 e. The van der Waals surface area contributed by atoms with Crippen molar-refractivity contribution in [1.29, 1.82) is 0 Å². The molecule has 1 heterocycles. The monoisotopic (exact) mass is 347 g/mol. The molecule has 2 aliphatic carbocycles. The highest BCUT2D eigenvalue weighted by atomic mass is 16.5. The van der Waals surface area contributed by atoms with Gasteiger partial charge in [-0.1, -0.05) is 12.1 Å². The molecule has 3 aliphatic rings. The molecule has 1 saturated heterocycles. The summed E-state index contributed by atoms with van der Waals surface area (Å²) in [6, 6.07) is 7.84. The quantitative estimate of drug-likeness (QED) is 0.766. The van der Waals surface area contributed by atoms with Gasteiger partial charge in [-0.2, -0.15) is 0 Å². The van der Waals surface area contributed by atoms with E-state index in [0.29, 0.717) is 13.0 Å². The summed E-state index contributed by atoms with van der Waals surface area (Å²) in [5, 5.41) is 32.4. The maximum absolute atomic E-state index is 11.7. The maximum atomic E-state index is 11.7. The Morgan fingerprint density at radius 1 is 1.20 bits per heavy atom. The van der Waals surface area contributed by atoms with E-state index in [1.54, 1.807) is 7.11 Å². The molecule has 138 valence electrons. The molecule has 25 heavy (non-hydrogen) atoms. The first-order chi connectivity index (χ1) is 12.0. The van der Waals surface area contributed by atoms with Crippen molar-refractivity contribution in [3.63, 3.8) is 0 Å². The van der Waals surface area contributed by atoms with Crippen LogP contribution in [-0.2, 0) is 5.41 Å². The van der Waals surface area contributed by atoms with Crippen molar-refractivity contribution in [1.82, 2.24) is 4.90 Å². The van der Waals surface area contributed by atoms with Crippen molar-refractivity contribution in [2.45, 2.75) is 55.3 Å². The number of aliphatic hydroxyl groups excluding tert-OH is 2. The van der Waals surface area contributed by atoms with Gasteiger partial charge in [0.1, 0.15) is 5.75 Å². The van der Waals surface area contributed by atoms with Gasteiger partial charge in [0.15, 0.2) is 0 Å². The zero-order valence-electron chi connectivity index (χ0n) is 14.9. The molecule has 0 aromatic heterocycles. The molecular formula is C20H29NO4. The molecule has 0 radical (unpaired) electrons. The van der Waals surface area contributed by atoms with Crippen molar-refractivity contribution in [2.75, 3.05) is 26.7 Å². The molecule has 0 amide bonds. The molecule has 5 heteroatoms. The molecule has 0 spiro atoms. The zero-order valence-corrected chi connectivity index (χ0v) is 14.9. The van der Waals surface area contributed by atoms with Gasteiger partial charge in [0.25, 0.3) is 0 Å². The summed E-state index contributed by atoms with van der Waals surface area (Å²) in [7, 11) is 1.64. The largest absolute Gasteiger partial charge is 0.497 e. The van der Waals surface area contributed by atoms with Crippen molar-refractivity contribution < 1.29 is 20.1 Å². The van der Waals surface area contributed by atoms with Gasteiger partial charge in [-0.05, 0) is 55.8 Å². The average Bonchev–Trinajstić information content (AvgIpc) is 3.40. The second-order valence-electron chi connectivity index (χ2n) is 8.32. The molecule has 2 saturated carbocycles. The van der Waals surface area contributed by atoms with Crippen LogP contribution in [0.4, 0.5) is 0 Å². The Kier molecular flexibility index (Phi) is 4.31. The Morgan fingerprint density at radius 3 is 2.68 bits per heavy atom. The van der Waals surface area contributed by atoms with Crippen molar-refractivity contribution >= 4 is 0 Å². The number of aliphatic hydroxyl groups is 3. The van der Waals surface area contributed by atoms with E-state index in [9.17, 15) is 15.3 Å². The molecule has 4 unspecified atom stereocenters. The van der Waals surface area contributed by atoms with Gasteiger partial charge in [-0.15, -0.1) is 0 Å². The number of fused-ring (bicyclic) bond motifs is 1. The number of hydrogen-bond donors (Lipinski definition) is 3. The van der Waals surface area contributed by atoms with Crippen LogP contribution in [0.1, 0.15) is 37.7 Å². The van der Waals surface area contributed by atoms with Crippen LogP contribution in [0.5, 0.6) is 5.75 Å². The van der Waals surface area contributed by atoms with Gasteiger partial charge in [0.2, 0.25) is 0 Å². The zero-order chi connectivity index (χ0) is 17.7. The van der Waals surface area contributed by atoms with Gasteiger partial charge in [-0.25, -0.2) is 0 Å². The lowest BCUT2D eigenvalue weighted by Crippen LogP contribution is -2.68. The summed E-state index contributed by atoms with van der Waals surface area (Å²) in [5.74, 6) is 1.53. The number of methoxy groups -OCH3 is 1. The van der Waals surface area contributed by atoms with E-state index >= 15 is 0 Å². The Bertz CT molecular complexity index is 634. The number of nitrogens with zero attached hydrogens (tertiary/aromatic N) is 1. The molecule has 5 nitrogen and oxygen atoms in total. The SMILES string of the molecule is COc1cccc(C23CCN(CC4CC4)CC2(O)CC(O)C(O)C3)c1. The highest BCUT2D eigenvalue weighted by molar-refractivity contribution is 5.39. The number of rotatable bonds is 4. The number of ether oxygens (including phenoxy) is 1. The first-order valence-electron chi connectivity index (χ1n) is 9.41. The van der Waals surface area contributed by atoms with Crippen LogP contribution in [0.3, 0.4) is 0 Å². The molecule has 1 aliphatic heterocycles. The lowest BCUT2D eigenvalue weighted by molar-refractivity contribution is -0.178. The van der Waals surface area contributed by atoms with E-state index in [1.807, 2.05) is 24.3 Å². The standard InChI is InChI=1S/C20H29NO4/c1-25-16-4-2-3-15(9-16)19-7-8-21(12-14-5-6-14)13-20(19,24)11-18(23)17(22)10-19/h2-4,9,14,17-18,22-24H,5-8,10-13H2,1H3. The predicted molar refractivity (Wildman–Crippen MR) is 94.7 cm³/mol. The molecule has 4 atom stereocenters. The van der Waals surface area contributed by atoms with Crippen LogP contribution in [0.25, 0.3) is 0 Å². The Morgan fingerprint density at radius 2 is 1.96 bits per heavy atom. The summed E-state index contributed by atoms with van der Waals surface area (Å²) in [6.45, 7) is 2.51. The Hall–Kier alpha value is -1.14. The van der Waals surface area contributed by atoms with Crippen LogP contribution in [-0.4, -0.2) is 64.8 Å². The van der Waals surface area contributed by atoms with E-state index in [-0.39, 0.29) is 6.42 Å². The number of piperidine rings is 1. The second-order valence-corrected chi connectivity index (χ2v) is 8.32. The first-order valence-corrected chi connectivity index (χ1v) is 9.41. The van der Waals surface area contributed by atoms with Gasteiger partial charge in [0, 0.05) is 24.9 Å². The van der Waals surface area contributed by atoms with E-state index in [4.69, 9.17) is 4.74 Å². The molecule has 1 aromatic carbocycles. The second kappa shape index (κ2) is 6.23. The third-order valence-corrected chi connectivity index (χ3v) is 6.61. The summed E-state index contributed by atoms with van der Waals surface area (Å²) in [6.07, 6.45) is 2.29. The molecule has 3 N–H and O–H groups in total. The smallest absolute Gasteiger partial charge is 0.119 e. The highest BCUT2D eigenvalue weighted by Gasteiger charge is 2.59. The van der Waals surface area contributed by atoms with E-state index in [2.05, 4.69) is 4.90 Å². The third kappa shape index (κ3) is 2.97. The molecular weight excluding hydrogens is 318 g/mol. The van der Waals surface area contributed by atoms with Crippen molar-refractivity contribution in [3.8, 4) is 5.75 Å². The minimum atomic E-state index is -1.04. The molecule has 1 aromatic rings. The lowest BCUT2D eigenvalue weighted by atomic mass is 9.55. The number of benzene rings is 1. The predicted octanol–water partition coefficient (Wildman–Crippen LogP) is 1.30. The Balaban J connectivity index is 1.70. The van der Waals surface area contributed by atoms with Gasteiger partial charge in [-0.3, -0.25) is 0 Å². The summed E-state index contributed by atoms with van der Waals surface area (Å²) in [4.78, 5) is 2.35. The van der Waals surface area contributed by atoms with E-state index < -0.39 is 23.2 Å². The van der Waals surface area contributed by atoms with Gasteiger partial charge >= 0.3 is 0 Å². The molecule has 0 bridgehead atoms. The first kappa shape index (κ1) is 17.3. The lowest BCUT2D eigenvalue weighted by Gasteiger charge is -2.58. The minimum Gasteiger partial charge on any atom is -0.497 e. The summed E-state index contributed by atoms with van der Waals surface area (Å²) >= 11 is 0. The fourth-order valence-electron chi connectivity index (χ4n) is 4.98. The fraction of sp³-hybridized carbons (Fsp3) is 0.700. The topological polar surface area (TPSA) is 73.2 Å². The number of hydrogen-bond acceptors (Lipinski definition) is 5. The Labute approximate surface area is 149 Å². The highest BCUT2D eigenvalue weighted by Crippen LogP contribution is 2.52. The van der Waals surface area contributed by atoms with Crippen LogP contribution >= 0.6 is 0 Å². The third-order valence-electron chi connectivity index (χ3n) is 6.61. The minimum absolute atomic E-state index is 0.215. The van der Waals surface area contributed by atoms with Crippen LogP contribution in [0.2, 0.25) is 0 Å². The molecule has 4 rings (SSSR count). The van der Waals surface area contributed by atoms with E-state index in [1.165, 1.54) is 12.8 Å². The van der Waals surface area contributed by atoms with Crippen LogP contribution in [0, 0.1) is 5.92 Å². The summed E-state index contributed by atoms with van der Waals surface area (Å²) < 4.78 is 5.38. The average molecular weight is 347 g/mol. The van der Waals surface area contributed by atoms with E-state index in [0.717, 1.165) is 36.7 Å².